The van der Waals surface area contributed by atoms with E-state index in [4.69, 9.17) is 40.2 Å². The Morgan fingerprint density at radius 2 is 1.88 bits per heavy atom. The zero-order valence-corrected chi connectivity index (χ0v) is 16.4. The highest BCUT2D eigenvalue weighted by Gasteiger charge is 2.17. The first-order valence-electron chi connectivity index (χ1n) is 6.84. The van der Waals surface area contributed by atoms with Crippen molar-refractivity contribution < 1.29 is 9.53 Å². The molecule has 2 rings (SSSR count). The van der Waals surface area contributed by atoms with Crippen LogP contribution in [0.25, 0.3) is 0 Å². The van der Waals surface area contributed by atoms with Gasteiger partial charge >= 0.3 is 0 Å². The van der Waals surface area contributed by atoms with Crippen LogP contribution in [0, 0.1) is 0 Å². The van der Waals surface area contributed by atoms with Crippen molar-refractivity contribution >= 4 is 68.1 Å². The maximum Gasteiger partial charge on any atom is 0.266 e. The average Bonchev–Trinajstić information content (AvgIpc) is 2.52. The third kappa shape index (κ3) is 5.63. The molecule has 0 fully saturated rings. The van der Waals surface area contributed by atoms with E-state index in [1.165, 1.54) is 0 Å². The summed E-state index contributed by atoms with van der Waals surface area (Å²) in [6.07, 6.45) is -0.784. The maximum absolute atomic E-state index is 12.1. The normalized spacial score (nSPS) is 11.5. The minimum atomic E-state index is -0.784. The smallest absolute Gasteiger partial charge is 0.266 e. The summed E-state index contributed by atoms with van der Waals surface area (Å²) in [4.78, 5) is 12.1. The number of carbonyl (C=O) groups is 1. The second kappa shape index (κ2) is 8.67. The molecule has 0 aliphatic heterocycles. The fraction of sp³-hybridized carbons (Fsp3) is 0.125. The Hall–Kier alpha value is -1.34. The van der Waals surface area contributed by atoms with Gasteiger partial charge in [-0.25, -0.2) is 0 Å². The molecule has 0 spiro atoms. The number of benzene rings is 2. The van der Waals surface area contributed by atoms with Gasteiger partial charge in [-0.15, -0.1) is 0 Å². The SMILES string of the molecule is CC(Oc1ccc(Cl)cc1Cl)C(=O)NC(=S)Nc1ccc(Br)cc1. The van der Waals surface area contributed by atoms with Crippen LogP contribution in [-0.2, 0) is 4.79 Å². The van der Waals surface area contributed by atoms with Crippen LogP contribution >= 0.6 is 51.3 Å². The second-order valence-electron chi connectivity index (χ2n) is 4.79. The second-order valence-corrected chi connectivity index (χ2v) is 6.95. The van der Waals surface area contributed by atoms with Crippen molar-refractivity contribution in [2.75, 3.05) is 5.32 Å². The molecule has 0 aromatic heterocycles. The molecule has 0 bridgehead atoms. The number of anilines is 1. The molecule has 8 heteroatoms. The van der Waals surface area contributed by atoms with Gasteiger partial charge in [-0.1, -0.05) is 39.1 Å². The molecule has 2 N–H and O–H groups in total. The summed E-state index contributed by atoms with van der Waals surface area (Å²) in [5.41, 5.74) is 0.762. The molecule has 4 nitrogen and oxygen atoms in total. The van der Waals surface area contributed by atoms with Crippen molar-refractivity contribution in [3.63, 3.8) is 0 Å². The highest BCUT2D eigenvalue weighted by molar-refractivity contribution is 9.10. The van der Waals surface area contributed by atoms with Crippen molar-refractivity contribution in [3.8, 4) is 5.75 Å². The van der Waals surface area contributed by atoms with Gasteiger partial charge < -0.3 is 10.1 Å². The maximum atomic E-state index is 12.1. The lowest BCUT2D eigenvalue weighted by atomic mass is 10.3. The molecule has 24 heavy (non-hydrogen) atoms. The van der Waals surface area contributed by atoms with Crippen LogP contribution in [0.4, 0.5) is 5.69 Å². The number of halogens is 3. The lowest BCUT2D eigenvalue weighted by Gasteiger charge is -2.16. The lowest BCUT2D eigenvalue weighted by Crippen LogP contribution is -2.42. The topological polar surface area (TPSA) is 50.4 Å². The van der Waals surface area contributed by atoms with E-state index in [2.05, 4.69) is 26.6 Å². The Morgan fingerprint density at radius 1 is 1.21 bits per heavy atom. The van der Waals surface area contributed by atoms with Gasteiger partial charge in [0.15, 0.2) is 11.2 Å². The van der Waals surface area contributed by atoms with E-state index in [1.807, 2.05) is 24.3 Å². The molecule has 2 aromatic carbocycles. The van der Waals surface area contributed by atoms with Crippen molar-refractivity contribution in [1.82, 2.24) is 5.32 Å². The van der Waals surface area contributed by atoms with Gasteiger partial charge in [0.25, 0.3) is 5.91 Å². The Morgan fingerprint density at radius 3 is 2.50 bits per heavy atom. The van der Waals surface area contributed by atoms with Gasteiger partial charge in [0.05, 0.1) is 5.02 Å². The molecule has 0 radical (unpaired) electrons. The molecule has 1 unspecified atom stereocenters. The first kappa shape index (κ1) is 19.0. The monoisotopic (exact) mass is 446 g/mol. The number of carbonyl (C=O) groups excluding carboxylic acids is 1. The summed E-state index contributed by atoms with van der Waals surface area (Å²) in [6, 6.07) is 12.2. The van der Waals surface area contributed by atoms with Crippen LogP contribution < -0.4 is 15.4 Å². The standard InChI is InChI=1S/C16H13BrCl2N2O2S/c1-9(23-14-7-4-11(18)8-13(14)19)15(22)21-16(24)20-12-5-2-10(17)3-6-12/h2-9H,1H3,(H2,20,21,22,24). The minimum Gasteiger partial charge on any atom is -0.479 e. The largest absolute Gasteiger partial charge is 0.479 e. The van der Waals surface area contributed by atoms with Crippen LogP contribution in [0.5, 0.6) is 5.75 Å². The summed E-state index contributed by atoms with van der Waals surface area (Å²) < 4.78 is 6.48. The Balaban J connectivity index is 1.90. The quantitative estimate of drug-likeness (QED) is 0.645. The molecular formula is C16H13BrCl2N2O2S. The number of thiocarbonyl (C=S) groups is 1. The molecule has 2 aromatic rings. The molecular weight excluding hydrogens is 435 g/mol. The Labute approximate surface area is 163 Å². The van der Waals surface area contributed by atoms with Crippen LogP contribution in [0.2, 0.25) is 10.0 Å². The van der Waals surface area contributed by atoms with E-state index >= 15 is 0 Å². The number of amides is 1. The summed E-state index contributed by atoms with van der Waals surface area (Å²) in [6.45, 7) is 1.60. The minimum absolute atomic E-state index is 0.181. The van der Waals surface area contributed by atoms with E-state index in [9.17, 15) is 4.79 Å². The highest BCUT2D eigenvalue weighted by atomic mass is 79.9. The lowest BCUT2D eigenvalue weighted by molar-refractivity contribution is -0.125. The number of hydrogen-bond donors (Lipinski definition) is 2. The molecule has 1 amide bonds. The number of hydrogen-bond acceptors (Lipinski definition) is 3. The van der Waals surface area contributed by atoms with Gasteiger partial charge in [0.2, 0.25) is 0 Å². The van der Waals surface area contributed by atoms with Crippen molar-refractivity contribution in [1.29, 1.82) is 0 Å². The third-order valence-electron chi connectivity index (χ3n) is 2.91. The van der Waals surface area contributed by atoms with Gasteiger partial charge in [0.1, 0.15) is 5.75 Å². The summed E-state index contributed by atoms with van der Waals surface area (Å²) in [5, 5.41) is 6.49. The fourth-order valence-electron chi connectivity index (χ4n) is 1.72. The van der Waals surface area contributed by atoms with E-state index in [-0.39, 0.29) is 5.11 Å². The first-order chi connectivity index (χ1) is 11.3. The van der Waals surface area contributed by atoms with Crippen LogP contribution in [0.3, 0.4) is 0 Å². The summed E-state index contributed by atoms with van der Waals surface area (Å²) in [7, 11) is 0. The molecule has 0 heterocycles. The Kier molecular flexibility index (Phi) is 6.86. The fourth-order valence-corrected chi connectivity index (χ4v) is 2.66. The van der Waals surface area contributed by atoms with E-state index in [1.54, 1.807) is 25.1 Å². The Bertz CT molecular complexity index is 756. The first-order valence-corrected chi connectivity index (χ1v) is 8.80. The van der Waals surface area contributed by atoms with Crippen LogP contribution in [0.15, 0.2) is 46.9 Å². The van der Waals surface area contributed by atoms with E-state index < -0.39 is 12.0 Å². The van der Waals surface area contributed by atoms with E-state index in [0.29, 0.717) is 15.8 Å². The number of ether oxygens (including phenoxy) is 1. The molecule has 126 valence electrons. The zero-order chi connectivity index (χ0) is 17.7. The molecule has 1 atom stereocenters. The van der Waals surface area contributed by atoms with Gasteiger partial charge in [-0.05, 0) is 61.6 Å². The highest BCUT2D eigenvalue weighted by Crippen LogP contribution is 2.28. The third-order valence-corrected chi connectivity index (χ3v) is 4.17. The van der Waals surface area contributed by atoms with Gasteiger partial charge in [-0.3, -0.25) is 10.1 Å². The van der Waals surface area contributed by atoms with Crippen molar-refractivity contribution in [3.05, 3.63) is 57.0 Å². The molecule has 0 aliphatic carbocycles. The van der Waals surface area contributed by atoms with Gasteiger partial charge in [0, 0.05) is 15.2 Å². The number of nitrogens with one attached hydrogen (secondary N) is 2. The van der Waals surface area contributed by atoms with Crippen molar-refractivity contribution in [2.24, 2.45) is 0 Å². The van der Waals surface area contributed by atoms with Crippen molar-refractivity contribution in [2.45, 2.75) is 13.0 Å². The number of rotatable bonds is 4. The summed E-state index contributed by atoms with van der Waals surface area (Å²) >= 11 is 20.3. The molecule has 0 saturated heterocycles. The van der Waals surface area contributed by atoms with Crippen LogP contribution in [-0.4, -0.2) is 17.1 Å². The molecule has 0 aliphatic rings. The average molecular weight is 448 g/mol. The predicted octanol–water partition coefficient (Wildman–Crippen LogP) is 5.04. The van der Waals surface area contributed by atoms with Gasteiger partial charge in [-0.2, -0.15) is 0 Å². The predicted molar refractivity (Wildman–Crippen MR) is 105 cm³/mol. The van der Waals surface area contributed by atoms with E-state index in [0.717, 1.165) is 10.2 Å². The molecule has 0 saturated carbocycles. The van der Waals surface area contributed by atoms with Crippen LogP contribution in [0.1, 0.15) is 6.92 Å². The summed E-state index contributed by atoms with van der Waals surface area (Å²) in [5.74, 6) is -0.0221. The zero-order valence-electron chi connectivity index (χ0n) is 12.5.